The number of para-hydroxylation sites is 2. The molecule has 6 nitrogen and oxygen atoms in total. The number of amides is 1. The van der Waals surface area contributed by atoms with Gasteiger partial charge in [-0.25, -0.2) is 4.79 Å². The molecule has 31 heavy (non-hydrogen) atoms. The van der Waals surface area contributed by atoms with Crippen LogP contribution < -0.4 is 9.05 Å². The molecule has 168 valence electrons. The van der Waals surface area contributed by atoms with Crippen molar-refractivity contribution in [1.29, 1.82) is 0 Å². The van der Waals surface area contributed by atoms with E-state index in [1.165, 1.54) is 0 Å². The molecule has 1 aliphatic rings. The van der Waals surface area contributed by atoms with E-state index in [2.05, 4.69) is 6.92 Å². The number of hydrogen-bond donors (Lipinski definition) is 0. The third-order valence-electron chi connectivity index (χ3n) is 4.63. The number of ether oxygens (including phenoxy) is 1. The molecule has 3 rings (SSSR count). The molecule has 0 radical (unpaired) electrons. The summed E-state index contributed by atoms with van der Waals surface area (Å²) in [5.41, 5.74) is -0.526. The molecule has 0 bridgehead atoms. The van der Waals surface area contributed by atoms with Gasteiger partial charge in [0.1, 0.15) is 17.1 Å². The standard InChI is InChI=1S/C23H31NO5P2/c1-5-18-16-21(17-24(18)22(25)26-23(2,3)4)29-31(28-20-14-10-7-11-15-20)30-27-19-12-8-6-9-13-19/h6-15,18,21,30H,5,16-17H2,1-4H3/t18-,21-,31?/m1/s1. The van der Waals surface area contributed by atoms with Crippen molar-refractivity contribution in [2.75, 3.05) is 6.54 Å². The van der Waals surface area contributed by atoms with Gasteiger partial charge in [-0.1, -0.05) is 43.3 Å². The number of benzene rings is 2. The zero-order valence-electron chi connectivity index (χ0n) is 18.5. The Morgan fingerprint density at radius 2 is 1.68 bits per heavy atom. The van der Waals surface area contributed by atoms with Crippen LogP contribution in [0.2, 0.25) is 0 Å². The summed E-state index contributed by atoms with van der Waals surface area (Å²) in [6.07, 6.45) is 1.18. The lowest BCUT2D eigenvalue weighted by Gasteiger charge is -2.28. The largest absolute Gasteiger partial charge is 0.467 e. The third-order valence-corrected chi connectivity index (χ3v) is 7.29. The first-order chi connectivity index (χ1) is 14.8. The Kier molecular flexibility index (Phi) is 8.54. The van der Waals surface area contributed by atoms with Gasteiger partial charge in [0, 0.05) is 6.04 Å². The molecule has 1 fully saturated rings. The molecule has 0 saturated carbocycles. The molecule has 1 saturated heterocycles. The fourth-order valence-electron chi connectivity index (χ4n) is 3.23. The van der Waals surface area contributed by atoms with Crippen LogP contribution in [0.5, 0.6) is 11.5 Å². The number of nitrogens with zero attached hydrogens (tertiary/aromatic N) is 1. The zero-order chi connectivity index (χ0) is 22.3. The van der Waals surface area contributed by atoms with Crippen LogP contribution in [0.4, 0.5) is 4.79 Å². The minimum Gasteiger partial charge on any atom is -0.467 e. The molecular weight excluding hydrogens is 432 g/mol. The summed E-state index contributed by atoms with van der Waals surface area (Å²) in [6, 6.07) is 19.3. The first kappa shape index (κ1) is 23.8. The first-order valence-electron chi connectivity index (χ1n) is 10.5. The van der Waals surface area contributed by atoms with Gasteiger partial charge in [0.05, 0.1) is 12.6 Å². The molecule has 1 amide bonds. The van der Waals surface area contributed by atoms with Crippen LogP contribution in [0, 0.1) is 0 Å². The topological polar surface area (TPSA) is 57.2 Å². The van der Waals surface area contributed by atoms with E-state index in [4.69, 9.17) is 18.3 Å². The van der Waals surface area contributed by atoms with E-state index in [1.807, 2.05) is 81.4 Å². The predicted molar refractivity (Wildman–Crippen MR) is 126 cm³/mol. The molecule has 4 atom stereocenters. The van der Waals surface area contributed by atoms with Crippen molar-refractivity contribution >= 4 is 22.7 Å². The third kappa shape index (κ3) is 7.64. The molecule has 2 unspecified atom stereocenters. The Balaban J connectivity index is 1.65. The average molecular weight is 463 g/mol. The lowest BCUT2D eigenvalue weighted by atomic mass is 10.1. The summed E-state index contributed by atoms with van der Waals surface area (Å²) in [4.78, 5) is 14.4. The molecule has 0 aliphatic carbocycles. The Morgan fingerprint density at radius 3 is 2.26 bits per heavy atom. The van der Waals surface area contributed by atoms with Crippen LogP contribution in [0.25, 0.3) is 0 Å². The highest BCUT2D eigenvalue weighted by Crippen LogP contribution is 2.58. The Labute approximate surface area is 187 Å². The van der Waals surface area contributed by atoms with Gasteiger partial charge in [-0.15, -0.1) is 0 Å². The van der Waals surface area contributed by atoms with Crippen LogP contribution in [-0.2, 0) is 9.26 Å². The Morgan fingerprint density at radius 1 is 1.06 bits per heavy atom. The lowest BCUT2D eigenvalue weighted by molar-refractivity contribution is 0.0210. The summed E-state index contributed by atoms with van der Waals surface area (Å²) < 4.78 is 24.0. The van der Waals surface area contributed by atoms with Crippen LogP contribution in [0.1, 0.15) is 40.5 Å². The van der Waals surface area contributed by atoms with Crippen LogP contribution in [0.3, 0.4) is 0 Å². The maximum Gasteiger partial charge on any atom is 0.410 e. The summed E-state index contributed by atoms with van der Waals surface area (Å²) in [7, 11) is -1.32. The number of likely N-dealkylation sites (tertiary alicyclic amines) is 1. The smallest absolute Gasteiger partial charge is 0.410 e. The summed E-state index contributed by atoms with van der Waals surface area (Å²) in [5, 5.41) is 0. The molecule has 1 heterocycles. The van der Waals surface area contributed by atoms with Gasteiger partial charge in [0.15, 0.2) is 8.50 Å². The van der Waals surface area contributed by atoms with Gasteiger partial charge in [-0.2, -0.15) is 0 Å². The normalized spacial score (nSPS) is 20.1. The molecule has 0 aromatic heterocycles. The van der Waals surface area contributed by atoms with Crippen LogP contribution in [0.15, 0.2) is 60.7 Å². The van der Waals surface area contributed by atoms with E-state index in [9.17, 15) is 4.79 Å². The zero-order valence-corrected chi connectivity index (χ0v) is 20.4. The lowest BCUT2D eigenvalue weighted by Crippen LogP contribution is -2.40. The second-order valence-electron chi connectivity index (χ2n) is 8.33. The Hall–Kier alpha value is -1.87. The molecular formula is C23H31NO5P2. The fraction of sp³-hybridized carbons (Fsp3) is 0.435. The van der Waals surface area contributed by atoms with Crippen LogP contribution >= 0.6 is 16.6 Å². The van der Waals surface area contributed by atoms with E-state index < -0.39 is 13.7 Å². The maximum absolute atomic E-state index is 12.7. The van der Waals surface area contributed by atoms with Gasteiger partial charge in [-0.05, 0) is 57.9 Å². The van der Waals surface area contributed by atoms with Crippen molar-refractivity contribution in [3.05, 3.63) is 60.7 Å². The van der Waals surface area contributed by atoms with Gasteiger partial charge < -0.3 is 23.2 Å². The van der Waals surface area contributed by atoms with Gasteiger partial charge in [0.25, 0.3) is 8.06 Å². The highest BCUT2D eigenvalue weighted by molar-refractivity contribution is 8.15. The van der Waals surface area contributed by atoms with Gasteiger partial charge in [0.2, 0.25) is 0 Å². The van der Waals surface area contributed by atoms with Crippen molar-refractivity contribution in [3.8, 4) is 11.5 Å². The van der Waals surface area contributed by atoms with Crippen molar-refractivity contribution in [3.63, 3.8) is 0 Å². The van der Waals surface area contributed by atoms with E-state index in [0.717, 1.165) is 24.3 Å². The van der Waals surface area contributed by atoms with Crippen molar-refractivity contribution in [1.82, 2.24) is 4.90 Å². The van der Waals surface area contributed by atoms with Crippen molar-refractivity contribution in [2.24, 2.45) is 0 Å². The van der Waals surface area contributed by atoms with Crippen molar-refractivity contribution < 1.29 is 23.1 Å². The van der Waals surface area contributed by atoms with Gasteiger partial charge >= 0.3 is 6.09 Å². The number of carbonyl (C=O) groups is 1. The highest BCUT2D eigenvalue weighted by Gasteiger charge is 2.39. The molecule has 0 spiro atoms. The van der Waals surface area contributed by atoms with Gasteiger partial charge in [-0.3, -0.25) is 0 Å². The van der Waals surface area contributed by atoms with Crippen molar-refractivity contribution in [2.45, 2.75) is 58.3 Å². The van der Waals surface area contributed by atoms with E-state index >= 15 is 0 Å². The fourth-order valence-corrected chi connectivity index (χ4v) is 5.95. The SMILES string of the molecule is CC[C@@H]1C[C@@H](OP(Oc2ccccc2)POc2ccccc2)CN1C(=O)OC(C)(C)C. The summed E-state index contributed by atoms with van der Waals surface area (Å²) in [6.45, 7) is 8.20. The van der Waals surface area contributed by atoms with Crippen LogP contribution in [-0.4, -0.2) is 35.3 Å². The van der Waals surface area contributed by atoms with E-state index in [1.54, 1.807) is 4.90 Å². The molecule has 2 aromatic carbocycles. The minimum atomic E-state index is -1.33. The average Bonchev–Trinajstić information content (AvgIpc) is 3.15. The minimum absolute atomic E-state index is 0.00928. The number of rotatable bonds is 8. The summed E-state index contributed by atoms with van der Waals surface area (Å²) >= 11 is 0. The monoisotopic (exact) mass is 463 g/mol. The second-order valence-corrected chi connectivity index (χ2v) is 11.3. The quantitative estimate of drug-likeness (QED) is 0.405. The first-order valence-corrected chi connectivity index (χ1v) is 13.4. The van der Waals surface area contributed by atoms with E-state index in [0.29, 0.717) is 6.54 Å². The number of hydrogen-bond acceptors (Lipinski definition) is 5. The maximum atomic E-state index is 12.7. The summed E-state index contributed by atoms with van der Waals surface area (Å²) in [5.74, 6) is 1.52. The molecule has 1 aliphatic heterocycles. The molecule has 0 N–H and O–H groups in total. The molecule has 8 heteroatoms. The number of carbonyl (C=O) groups excluding carboxylic acids is 1. The highest BCUT2D eigenvalue weighted by atomic mass is 32.1. The Bertz CT molecular complexity index is 816. The predicted octanol–water partition coefficient (Wildman–Crippen LogP) is 6.77. The second kappa shape index (κ2) is 11.1. The molecule has 2 aromatic rings. The van der Waals surface area contributed by atoms with E-state index in [-0.39, 0.29) is 26.7 Å².